The fourth-order valence-electron chi connectivity index (χ4n) is 1.98. The van der Waals surface area contributed by atoms with Crippen LogP contribution in [0.25, 0.3) is 11.3 Å². The Bertz CT molecular complexity index is 626. The normalized spacial score (nSPS) is 10.5. The second-order valence-corrected chi connectivity index (χ2v) is 5.01. The van der Waals surface area contributed by atoms with Crippen LogP contribution in [-0.2, 0) is 7.05 Å². The largest absolute Gasteiger partial charge is 0.495 e. The lowest BCUT2D eigenvalue weighted by atomic mass is 10.1. The Morgan fingerprint density at radius 3 is 2.58 bits per heavy atom. The van der Waals surface area contributed by atoms with E-state index in [0.29, 0.717) is 0 Å². The Kier molecular flexibility index (Phi) is 3.61. The van der Waals surface area contributed by atoms with Gasteiger partial charge in [-0.2, -0.15) is 5.10 Å². The van der Waals surface area contributed by atoms with Crippen LogP contribution in [0.5, 0.6) is 5.75 Å². The zero-order valence-electron chi connectivity index (χ0n) is 10.8. The molecule has 1 aromatic carbocycles. The van der Waals surface area contributed by atoms with Gasteiger partial charge in [-0.15, -0.1) is 0 Å². The monoisotopic (exact) mass is 324 g/mol. The fraction of sp³-hybridized carbons (Fsp3) is 0.231. The number of benzene rings is 1. The minimum Gasteiger partial charge on any atom is -0.495 e. The summed E-state index contributed by atoms with van der Waals surface area (Å²) in [5, 5.41) is 12.9. The van der Waals surface area contributed by atoms with Crippen LogP contribution in [0.4, 0.5) is 0 Å². The summed E-state index contributed by atoms with van der Waals surface area (Å²) in [7, 11) is 3.33. The number of carboxylic acids is 1. The summed E-state index contributed by atoms with van der Waals surface area (Å²) >= 11 is 3.44. The topological polar surface area (TPSA) is 64.3 Å². The van der Waals surface area contributed by atoms with Crippen molar-refractivity contribution in [3.05, 3.63) is 33.9 Å². The number of nitrogens with zero attached hydrogens (tertiary/aromatic N) is 2. The predicted octanol–water partition coefficient (Wildman–Crippen LogP) is 2.86. The standard InChI is InChI=1S/C13H13BrN2O3/c1-7-4-8(5-9(14)12(7)19-3)11-6-10(13(17)18)15-16(11)2/h4-6H,1-3H3,(H,17,18). The van der Waals surface area contributed by atoms with E-state index in [0.717, 1.165) is 27.0 Å². The number of carbonyl (C=O) groups is 1. The summed E-state index contributed by atoms with van der Waals surface area (Å²) in [6.45, 7) is 1.93. The Hall–Kier alpha value is -1.82. The summed E-state index contributed by atoms with van der Waals surface area (Å²) in [5.41, 5.74) is 2.61. The third-order valence-electron chi connectivity index (χ3n) is 2.83. The third kappa shape index (κ3) is 2.49. The Morgan fingerprint density at radius 1 is 1.42 bits per heavy atom. The van der Waals surface area contributed by atoms with Gasteiger partial charge in [-0.1, -0.05) is 0 Å². The van der Waals surface area contributed by atoms with Gasteiger partial charge in [-0.05, 0) is 46.6 Å². The molecule has 1 aromatic heterocycles. The first-order valence-corrected chi connectivity index (χ1v) is 6.35. The number of carboxylic acid groups (broad SMARTS) is 1. The van der Waals surface area contributed by atoms with Crippen molar-refractivity contribution >= 4 is 21.9 Å². The molecule has 5 nitrogen and oxygen atoms in total. The van der Waals surface area contributed by atoms with Gasteiger partial charge in [-0.3, -0.25) is 4.68 Å². The minimum absolute atomic E-state index is 0.0297. The zero-order valence-corrected chi connectivity index (χ0v) is 12.4. The summed E-state index contributed by atoms with van der Waals surface area (Å²) in [6.07, 6.45) is 0. The van der Waals surface area contributed by atoms with Crippen molar-refractivity contribution in [1.82, 2.24) is 9.78 Å². The summed E-state index contributed by atoms with van der Waals surface area (Å²) in [6, 6.07) is 5.37. The lowest BCUT2D eigenvalue weighted by Gasteiger charge is -2.10. The fourth-order valence-corrected chi connectivity index (χ4v) is 2.70. The smallest absolute Gasteiger partial charge is 0.356 e. The van der Waals surface area contributed by atoms with E-state index in [9.17, 15) is 4.79 Å². The molecule has 0 fully saturated rings. The second kappa shape index (κ2) is 5.05. The highest BCUT2D eigenvalue weighted by Crippen LogP contribution is 2.34. The summed E-state index contributed by atoms with van der Waals surface area (Å²) < 4.78 is 7.65. The molecule has 0 radical (unpaired) electrons. The van der Waals surface area contributed by atoms with Crippen molar-refractivity contribution in [1.29, 1.82) is 0 Å². The van der Waals surface area contributed by atoms with E-state index >= 15 is 0 Å². The number of rotatable bonds is 3. The molecule has 2 aromatic rings. The molecule has 0 aliphatic heterocycles. The summed E-state index contributed by atoms with van der Waals surface area (Å²) in [5.74, 6) is -0.268. The van der Waals surface area contributed by atoms with Gasteiger partial charge in [0, 0.05) is 12.6 Å². The number of ether oxygens (including phenoxy) is 1. The molecule has 6 heteroatoms. The van der Waals surface area contributed by atoms with Gasteiger partial charge in [-0.25, -0.2) is 4.79 Å². The average molecular weight is 325 g/mol. The number of hydrogen-bond donors (Lipinski definition) is 1. The average Bonchev–Trinajstić information content (AvgIpc) is 2.71. The first-order valence-electron chi connectivity index (χ1n) is 5.56. The molecular formula is C13H13BrN2O3. The van der Waals surface area contributed by atoms with Crippen LogP contribution >= 0.6 is 15.9 Å². The molecule has 0 amide bonds. The van der Waals surface area contributed by atoms with E-state index in [1.807, 2.05) is 19.1 Å². The van der Waals surface area contributed by atoms with Crippen LogP contribution in [0.2, 0.25) is 0 Å². The Morgan fingerprint density at radius 2 is 2.11 bits per heavy atom. The minimum atomic E-state index is -1.04. The molecule has 0 aliphatic rings. The molecule has 1 N–H and O–H groups in total. The first kappa shape index (κ1) is 13.6. The third-order valence-corrected chi connectivity index (χ3v) is 3.42. The van der Waals surface area contributed by atoms with Gasteiger partial charge >= 0.3 is 5.97 Å². The van der Waals surface area contributed by atoms with E-state index in [2.05, 4.69) is 21.0 Å². The maximum absolute atomic E-state index is 10.9. The van der Waals surface area contributed by atoms with Crippen molar-refractivity contribution in [2.24, 2.45) is 7.05 Å². The van der Waals surface area contributed by atoms with E-state index in [4.69, 9.17) is 9.84 Å². The van der Waals surface area contributed by atoms with E-state index < -0.39 is 5.97 Å². The molecule has 0 bridgehead atoms. The number of methoxy groups -OCH3 is 1. The number of halogens is 1. The van der Waals surface area contributed by atoms with Crippen LogP contribution in [0.3, 0.4) is 0 Å². The predicted molar refractivity (Wildman–Crippen MR) is 74.6 cm³/mol. The van der Waals surface area contributed by atoms with E-state index in [1.165, 1.54) is 0 Å². The lowest BCUT2D eigenvalue weighted by Crippen LogP contribution is -1.99. The van der Waals surface area contributed by atoms with Gasteiger partial charge in [0.25, 0.3) is 0 Å². The molecule has 0 saturated carbocycles. The Balaban J connectivity index is 2.56. The molecule has 0 spiro atoms. The molecular weight excluding hydrogens is 312 g/mol. The zero-order chi connectivity index (χ0) is 14.2. The van der Waals surface area contributed by atoms with Crippen molar-refractivity contribution in [2.75, 3.05) is 7.11 Å². The van der Waals surface area contributed by atoms with Gasteiger partial charge in [0.2, 0.25) is 0 Å². The van der Waals surface area contributed by atoms with Gasteiger partial charge < -0.3 is 9.84 Å². The van der Waals surface area contributed by atoms with Gasteiger partial charge in [0.1, 0.15) is 5.75 Å². The van der Waals surface area contributed by atoms with Crippen molar-refractivity contribution < 1.29 is 14.6 Å². The highest BCUT2D eigenvalue weighted by atomic mass is 79.9. The van der Waals surface area contributed by atoms with Crippen molar-refractivity contribution in [3.8, 4) is 17.0 Å². The number of aryl methyl sites for hydroxylation is 2. The Labute approximate surface area is 118 Å². The highest BCUT2D eigenvalue weighted by molar-refractivity contribution is 9.10. The molecule has 0 saturated heterocycles. The lowest BCUT2D eigenvalue weighted by molar-refractivity contribution is 0.0689. The molecule has 2 rings (SSSR count). The molecule has 1 heterocycles. The van der Waals surface area contributed by atoms with Gasteiger partial charge in [0.05, 0.1) is 17.3 Å². The van der Waals surface area contributed by atoms with Crippen molar-refractivity contribution in [3.63, 3.8) is 0 Å². The quantitative estimate of drug-likeness (QED) is 0.942. The van der Waals surface area contributed by atoms with Crippen molar-refractivity contribution in [2.45, 2.75) is 6.92 Å². The maximum atomic E-state index is 10.9. The number of aromatic nitrogens is 2. The molecule has 0 aliphatic carbocycles. The van der Waals surface area contributed by atoms with Crippen LogP contribution in [0.1, 0.15) is 16.1 Å². The highest BCUT2D eigenvalue weighted by Gasteiger charge is 2.15. The number of hydrogen-bond acceptors (Lipinski definition) is 3. The van der Waals surface area contributed by atoms with Gasteiger partial charge in [0.15, 0.2) is 5.69 Å². The van der Waals surface area contributed by atoms with Crippen LogP contribution in [0, 0.1) is 6.92 Å². The molecule has 0 unspecified atom stereocenters. The summed E-state index contributed by atoms with van der Waals surface area (Å²) in [4.78, 5) is 10.9. The molecule has 19 heavy (non-hydrogen) atoms. The SMILES string of the molecule is COc1c(C)cc(-c2cc(C(=O)O)nn2C)cc1Br. The van der Waals surface area contributed by atoms with E-state index in [-0.39, 0.29) is 5.69 Å². The second-order valence-electron chi connectivity index (χ2n) is 4.15. The molecule has 100 valence electrons. The molecule has 0 atom stereocenters. The van der Waals surface area contributed by atoms with Crippen LogP contribution in [0.15, 0.2) is 22.7 Å². The van der Waals surface area contributed by atoms with E-state index in [1.54, 1.807) is 24.9 Å². The van der Waals surface area contributed by atoms with Crippen LogP contribution < -0.4 is 4.74 Å². The van der Waals surface area contributed by atoms with Crippen LogP contribution in [-0.4, -0.2) is 28.0 Å². The first-order chi connectivity index (χ1) is 8.93. The number of aromatic carboxylic acids is 1. The maximum Gasteiger partial charge on any atom is 0.356 e.